The number of unbranched alkanes of at least 4 members (excludes halogenated alkanes) is 2. The Hall–Kier alpha value is -5.14. The van der Waals surface area contributed by atoms with Gasteiger partial charge in [0.2, 0.25) is 0 Å². The lowest BCUT2D eigenvalue weighted by Crippen LogP contribution is -2.36. The number of nitrogens with zero attached hydrogens (tertiary/aromatic N) is 2. The van der Waals surface area contributed by atoms with Crippen molar-refractivity contribution >= 4 is 106 Å². The Morgan fingerprint density at radius 3 is 2.41 bits per heavy atom. The zero-order chi connectivity index (χ0) is 67.1. The molecule has 29 nitrogen and oxygen atoms in total. The Morgan fingerprint density at radius 1 is 0.891 bits per heavy atom. The number of phosphoric acid groups is 3. The highest BCUT2D eigenvalue weighted by Crippen LogP contribution is 2.66. The number of benzene rings is 3. The smallest absolute Gasteiger partial charge is 0.466 e. The van der Waals surface area contributed by atoms with Gasteiger partial charge >= 0.3 is 41.2 Å². The number of carbonyl (C=O) groups is 3. The first kappa shape index (κ1) is 75.9. The number of hydrogen-bond donors (Lipinski definition) is 10. The number of aromatic nitrogens is 2. The van der Waals surface area contributed by atoms with E-state index in [2.05, 4.69) is 55.2 Å². The minimum absolute atomic E-state index is 0.0525. The Kier molecular flexibility index (Phi) is 30.2. The van der Waals surface area contributed by atoms with Crippen molar-refractivity contribution in [3.8, 4) is 34.3 Å². The number of rotatable bonds is 38. The monoisotopic (exact) mass is 1420 g/mol. The quantitative estimate of drug-likeness (QED) is 0.00280. The normalized spacial score (nSPS) is 16.7. The number of fused-ring (bicyclic) bond motifs is 2. The zero-order valence-electron chi connectivity index (χ0n) is 50.9. The van der Waals surface area contributed by atoms with E-state index in [4.69, 9.17) is 75.2 Å². The van der Waals surface area contributed by atoms with E-state index < -0.39 is 69.7 Å². The van der Waals surface area contributed by atoms with Crippen molar-refractivity contribution in [1.82, 2.24) is 25.5 Å². The SMILES string of the molecule is CCS(=S)COC1C[C@H](n2cc(C#CCNC(=O)NCCCCCOCSSC(C)(C)CCOC(=O)CCCOCCOCCNC(=O)c3ccc(C)c(-c4c5ccc(=N)cc-5oc5cc(N)ccc45)c3)c(N)nc2=O)O[C@@H]1COP(=O)(O)OP(=O)(O)OP(=O)(O)O. The number of phosphoric ester groups is 1. The van der Waals surface area contributed by atoms with Crippen LogP contribution in [0.4, 0.5) is 16.3 Å². The molecule has 12 N–H and O–H groups in total. The van der Waals surface area contributed by atoms with Crippen LogP contribution in [-0.4, -0.2) is 148 Å². The molecular weight excluding hydrogens is 1340 g/mol. The van der Waals surface area contributed by atoms with E-state index in [1.54, 1.807) is 45.9 Å². The third-order valence-electron chi connectivity index (χ3n) is 13.3. The van der Waals surface area contributed by atoms with Crippen molar-refractivity contribution in [3.05, 3.63) is 93.3 Å². The summed E-state index contributed by atoms with van der Waals surface area (Å²) in [6.07, 6.45) is 1.59. The van der Waals surface area contributed by atoms with E-state index in [9.17, 15) is 42.7 Å². The lowest BCUT2D eigenvalue weighted by Gasteiger charge is -2.22. The minimum atomic E-state index is -5.79. The van der Waals surface area contributed by atoms with Crippen LogP contribution in [0.15, 0.2) is 70.0 Å². The van der Waals surface area contributed by atoms with Crippen LogP contribution in [0, 0.1) is 24.2 Å². The molecule has 3 heterocycles. The van der Waals surface area contributed by atoms with Crippen molar-refractivity contribution in [2.24, 2.45) is 0 Å². The van der Waals surface area contributed by atoms with Gasteiger partial charge in [-0.25, -0.2) is 23.3 Å². The predicted molar refractivity (Wildman–Crippen MR) is 351 cm³/mol. The Morgan fingerprint density at radius 2 is 1.65 bits per heavy atom. The fourth-order valence-electron chi connectivity index (χ4n) is 8.74. The molecule has 3 aliphatic rings. The first-order valence-electron chi connectivity index (χ1n) is 28.8. The number of nitrogens with one attached hydrogen (secondary N) is 4. The molecule has 3 amide bonds. The molecule has 1 saturated heterocycles. The number of urea groups is 1. The molecule has 0 spiro atoms. The number of nitrogen functional groups attached to an aromatic ring is 2. The minimum Gasteiger partial charge on any atom is -0.466 e. The highest BCUT2D eigenvalue weighted by Gasteiger charge is 2.44. The van der Waals surface area contributed by atoms with Gasteiger partial charge in [0.25, 0.3) is 5.91 Å². The van der Waals surface area contributed by atoms with E-state index >= 15 is 0 Å². The topological polar surface area (TPSA) is 426 Å². The average Bonchev–Trinajstić information content (AvgIpc) is 0.846. The molecule has 2 aliphatic heterocycles. The summed E-state index contributed by atoms with van der Waals surface area (Å²) in [5, 5.41) is 17.6. The molecule has 506 valence electrons. The highest BCUT2D eigenvalue weighted by molar-refractivity contribution is 8.77. The lowest BCUT2D eigenvalue weighted by atomic mass is 9.90. The average molecular weight is 1420 g/mol. The highest BCUT2D eigenvalue weighted by atomic mass is 33.1. The molecule has 1 aromatic heterocycles. The molecule has 6 atom stereocenters. The van der Waals surface area contributed by atoms with Gasteiger partial charge in [-0.3, -0.25) is 18.7 Å². The molecular formula is C56H77N8O21P3S4. The molecule has 0 radical (unpaired) electrons. The largest absolute Gasteiger partial charge is 0.490 e. The van der Waals surface area contributed by atoms with Crippen LogP contribution in [0.2, 0.25) is 0 Å². The molecule has 4 unspecified atom stereocenters. The van der Waals surface area contributed by atoms with Gasteiger partial charge in [0, 0.05) is 90.0 Å². The van der Waals surface area contributed by atoms with Gasteiger partial charge in [-0.2, -0.15) is 13.6 Å². The van der Waals surface area contributed by atoms with Crippen LogP contribution >= 0.6 is 45.1 Å². The number of carbonyl (C=O) groups excluding carboxylic acids is 3. The second-order valence-electron chi connectivity index (χ2n) is 21.0. The van der Waals surface area contributed by atoms with E-state index in [1.807, 2.05) is 44.2 Å². The first-order valence-corrected chi connectivity index (χ1v) is 38.1. The van der Waals surface area contributed by atoms with Crippen LogP contribution in [0.3, 0.4) is 0 Å². The maximum atomic E-state index is 13.2. The molecule has 0 saturated carbocycles. The zero-order valence-corrected chi connectivity index (χ0v) is 56.8. The van der Waals surface area contributed by atoms with Gasteiger partial charge in [0.15, 0.2) is 0 Å². The van der Waals surface area contributed by atoms with Crippen LogP contribution < -0.4 is 38.5 Å². The number of hydrogen-bond acceptors (Lipinski definition) is 24. The standard InChI is InChI=1S/C56H77N8O21P3S4/c1-5-92(89)36-80-47-32-49(83-48(47)34-81-87(72,73)85-88(74,75)84-86(69,70)71)64-33-39(52(59)63-55(64)68)11-9-21-62-54(67)61-20-7-6-8-23-78-35-90-91-56(3,4)19-25-79-50(65)12-10-24-76-27-28-77-26-22-60-53(66)38-14-13-37(2)44(29-38)51-42-17-15-40(57)30-45(42)82-46-31-41(58)16-18-43(46)51/h13-18,29-31,33,47-49,57H,5-8,10,12,19-28,32,34-36,58H2,1-4H3,(H,60,66)(H,72,73)(H,74,75)(H2,59,63,68)(H2,61,62,67)(H2,69,70,71)/t47?,48-,49-,92?/m1/s1. The predicted octanol–water partition coefficient (Wildman–Crippen LogP) is 6.92. The second kappa shape index (κ2) is 36.7. The number of amides is 3. The van der Waals surface area contributed by atoms with Gasteiger partial charge in [0.1, 0.15) is 35.4 Å². The first-order chi connectivity index (χ1) is 43.6. The third kappa shape index (κ3) is 25.9. The van der Waals surface area contributed by atoms with Crippen LogP contribution in [0.25, 0.3) is 33.4 Å². The van der Waals surface area contributed by atoms with Gasteiger partial charge < -0.3 is 85.2 Å². The Labute approximate surface area is 546 Å². The van der Waals surface area contributed by atoms with Crippen LogP contribution in [0.5, 0.6) is 0 Å². The van der Waals surface area contributed by atoms with Crippen molar-refractivity contribution in [2.45, 2.75) is 95.8 Å². The second-order valence-corrected chi connectivity index (χ2v) is 31.5. The molecule has 2 aromatic carbocycles. The third-order valence-corrected chi connectivity index (χ3v) is 22.2. The summed E-state index contributed by atoms with van der Waals surface area (Å²) < 4.78 is 88.8. The summed E-state index contributed by atoms with van der Waals surface area (Å²) >= 11 is 5.33. The van der Waals surface area contributed by atoms with Crippen molar-refractivity contribution in [3.63, 3.8) is 0 Å². The molecule has 1 fully saturated rings. The maximum absolute atomic E-state index is 13.2. The fraction of sp³-hybridized carbons (Fsp3) is 0.500. The molecule has 6 rings (SSSR count). The molecule has 1 aliphatic carbocycles. The van der Waals surface area contributed by atoms with Crippen molar-refractivity contribution in [2.75, 3.05) is 95.0 Å². The van der Waals surface area contributed by atoms with E-state index in [0.29, 0.717) is 98.4 Å². The van der Waals surface area contributed by atoms with Crippen molar-refractivity contribution < 1.29 is 93.6 Å². The summed E-state index contributed by atoms with van der Waals surface area (Å²) in [5.74, 6) is 6.39. The summed E-state index contributed by atoms with van der Waals surface area (Å²) in [4.78, 5) is 91.9. The molecule has 92 heavy (non-hydrogen) atoms. The Bertz CT molecular complexity index is 3660. The summed E-state index contributed by atoms with van der Waals surface area (Å²) in [7, 11) is -14.3. The van der Waals surface area contributed by atoms with Gasteiger partial charge in [-0.05, 0) is 117 Å². The van der Waals surface area contributed by atoms with Crippen molar-refractivity contribution in [1.29, 1.82) is 5.41 Å². The maximum Gasteiger partial charge on any atom is 0.490 e. The van der Waals surface area contributed by atoms with Crippen LogP contribution in [-0.2, 0) is 80.7 Å². The van der Waals surface area contributed by atoms with Crippen LogP contribution in [0.1, 0.15) is 93.4 Å². The summed E-state index contributed by atoms with van der Waals surface area (Å²) in [5.41, 5.74) is 16.5. The molecule has 3 aromatic rings. The molecule has 0 bridgehead atoms. The Balaban J connectivity index is 0.762. The van der Waals surface area contributed by atoms with E-state index in [-0.39, 0.29) is 66.5 Å². The van der Waals surface area contributed by atoms with Gasteiger partial charge in [0.05, 0.1) is 62.5 Å². The number of esters is 1. The number of aryl methyl sites for hydroxylation is 1. The van der Waals surface area contributed by atoms with Gasteiger partial charge in [-0.15, -0.1) is 0 Å². The number of anilines is 2. The summed E-state index contributed by atoms with van der Waals surface area (Å²) in [6, 6.07) is 15.8. The lowest BCUT2D eigenvalue weighted by molar-refractivity contribution is -0.144. The number of ether oxygens (including phenoxy) is 6. The van der Waals surface area contributed by atoms with E-state index in [0.717, 1.165) is 45.0 Å². The molecule has 36 heteroatoms. The summed E-state index contributed by atoms with van der Waals surface area (Å²) in [6.45, 7) is 9.84. The van der Waals surface area contributed by atoms with E-state index in [1.165, 1.54) is 6.20 Å². The number of nitrogens with two attached hydrogens (primary N) is 2. The fourth-order valence-corrected chi connectivity index (χ4v) is 14.7. The van der Waals surface area contributed by atoms with Gasteiger partial charge in [-0.1, -0.05) is 55.9 Å².